The lowest BCUT2D eigenvalue weighted by Gasteiger charge is -2.32. The van der Waals surface area contributed by atoms with Gasteiger partial charge >= 0.3 is 5.97 Å². The number of nitrogens with zero attached hydrogens (tertiary/aromatic N) is 1. The van der Waals surface area contributed by atoms with E-state index in [9.17, 15) is 14.7 Å². The minimum Gasteiger partial charge on any atom is -0.480 e. The predicted molar refractivity (Wildman–Crippen MR) is 72.2 cm³/mol. The molecule has 104 valence electrons. The summed E-state index contributed by atoms with van der Waals surface area (Å²) >= 11 is 1.55. The number of carboxylic acids is 1. The number of amides is 1. The molecule has 3 unspecified atom stereocenters. The van der Waals surface area contributed by atoms with E-state index in [1.807, 2.05) is 20.8 Å². The highest BCUT2D eigenvalue weighted by atomic mass is 32.2. The van der Waals surface area contributed by atoms with Crippen LogP contribution in [0.2, 0.25) is 0 Å². The van der Waals surface area contributed by atoms with Gasteiger partial charge in [-0.05, 0) is 12.3 Å². The molecule has 0 saturated carbocycles. The molecule has 0 spiro atoms. The second kappa shape index (κ2) is 6.43. The molecule has 1 amide bonds. The van der Waals surface area contributed by atoms with Gasteiger partial charge in [-0.1, -0.05) is 20.8 Å². The first kappa shape index (κ1) is 15.3. The summed E-state index contributed by atoms with van der Waals surface area (Å²) in [5.74, 6) is -0.613. The van der Waals surface area contributed by atoms with Gasteiger partial charge in [-0.3, -0.25) is 4.79 Å². The zero-order valence-corrected chi connectivity index (χ0v) is 11.9. The summed E-state index contributed by atoms with van der Waals surface area (Å²) in [5.41, 5.74) is 5.59. The SMILES string of the molecule is CCC(CN)C(=O)N1C(C(=O)O)CSC1C(C)C. The van der Waals surface area contributed by atoms with Gasteiger partial charge in [-0.15, -0.1) is 11.8 Å². The smallest absolute Gasteiger partial charge is 0.327 e. The number of thioether (sulfide) groups is 1. The summed E-state index contributed by atoms with van der Waals surface area (Å²) in [5, 5.41) is 9.16. The average Bonchev–Trinajstić information content (AvgIpc) is 2.74. The quantitative estimate of drug-likeness (QED) is 0.781. The first-order valence-corrected chi connectivity index (χ1v) is 7.35. The highest BCUT2D eigenvalue weighted by Gasteiger charge is 2.44. The molecular formula is C12H22N2O3S. The molecule has 1 aliphatic heterocycles. The van der Waals surface area contributed by atoms with Gasteiger partial charge in [0.15, 0.2) is 0 Å². The summed E-state index contributed by atoms with van der Waals surface area (Å²) in [6.07, 6.45) is 0.646. The van der Waals surface area contributed by atoms with Crippen LogP contribution in [0.5, 0.6) is 0 Å². The van der Waals surface area contributed by atoms with Gasteiger partial charge in [0.05, 0.1) is 11.3 Å². The molecular weight excluding hydrogens is 252 g/mol. The number of hydrogen-bond acceptors (Lipinski definition) is 4. The fourth-order valence-electron chi connectivity index (χ4n) is 2.16. The number of aliphatic carboxylic acids is 1. The highest BCUT2D eigenvalue weighted by molar-refractivity contribution is 8.00. The second-order valence-corrected chi connectivity index (χ2v) is 6.06. The van der Waals surface area contributed by atoms with Crippen molar-refractivity contribution in [3.8, 4) is 0 Å². The van der Waals surface area contributed by atoms with E-state index < -0.39 is 12.0 Å². The number of nitrogens with two attached hydrogens (primary N) is 1. The van der Waals surface area contributed by atoms with Gasteiger partial charge in [0.1, 0.15) is 6.04 Å². The lowest BCUT2D eigenvalue weighted by Crippen LogP contribution is -2.50. The molecule has 1 saturated heterocycles. The maximum absolute atomic E-state index is 12.4. The summed E-state index contributed by atoms with van der Waals surface area (Å²) in [7, 11) is 0. The van der Waals surface area contributed by atoms with E-state index in [0.29, 0.717) is 12.2 Å². The Morgan fingerprint density at radius 2 is 2.11 bits per heavy atom. The van der Waals surface area contributed by atoms with E-state index in [4.69, 9.17) is 5.73 Å². The minimum absolute atomic E-state index is 0.0563. The third-order valence-corrected chi connectivity index (χ3v) is 4.89. The number of carbonyl (C=O) groups excluding carboxylic acids is 1. The fourth-order valence-corrected chi connectivity index (χ4v) is 3.64. The van der Waals surface area contributed by atoms with E-state index in [0.717, 1.165) is 0 Å². The van der Waals surface area contributed by atoms with Crippen LogP contribution >= 0.6 is 11.8 Å². The third-order valence-electron chi connectivity index (χ3n) is 3.27. The van der Waals surface area contributed by atoms with Gasteiger partial charge in [0.2, 0.25) is 5.91 Å². The molecule has 18 heavy (non-hydrogen) atoms. The van der Waals surface area contributed by atoms with Crippen molar-refractivity contribution >= 4 is 23.6 Å². The highest BCUT2D eigenvalue weighted by Crippen LogP contribution is 2.35. The van der Waals surface area contributed by atoms with Crippen molar-refractivity contribution in [2.24, 2.45) is 17.6 Å². The van der Waals surface area contributed by atoms with Crippen molar-refractivity contribution in [1.29, 1.82) is 0 Å². The van der Waals surface area contributed by atoms with Gasteiger partial charge in [0.25, 0.3) is 0 Å². The summed E-state index contributed by atoms with van der Waals surface area (Å²) < 4.78 is 0. The minimum atomic E-state index is -0.925. The lowest BCUT2D eigenvalue weighted by molar-refractivity contribution is -0.151. The maximum atomic E-state index is 12.4. The zero-order valence-electron chi connectivity index (χ0n) is 11.1. The lowest BCUT2D eigenvalue weighted by atomic mass is 10.0. The number of carboxylic acid groups (broad SMARTS) is 1. The maximum Gasteiger partial charge on any atom is 0.327 e. The van der Waals surface area contributed by atoms with Crippen LogP contribution in [0, 0.1) is 11.8 Å². The summed E-state index contributed by atoms with van der Waals surface area (Å²) in [6.45, 7) is 6.18. The molecule has 1 fully saturated rings. The van der Waals surface area contributed by atoms with Gasteiger partial charge < -0.3 is 15.7 Å². The van der Waals surface area contributed by atoms with Crippen LogP contribution in [0.4, 0.5) is 0 Å². The van der Waals surface area contributed by atoms with Crippen molar-refractivity contribution in [3.63, 3.8) is 0 Å². The molecule has 1 aliphatic rings. The molecule has 0 aromatic carbocycles. The first-order chi connectivity index (χ1) is 8.43. The first-order valence-electron chi connectivity index (χ1n) is 6.30. The second-order valence-electron chi connectivity index (χ2n) is 4.91. The van der Waals surface area contributed by atoms with Crippen molar-refractivity contribution < 1.29 is 14.7 Å². The Labute approximate surface area is 112 Å². The van der Waals surface area contributed by atoms with Crippen LogP contribution in [0.15, 0.2) is 0 Å². The van der Waals surface area contributed by atoms with Gasteiger partial charge in [-0.2, -0.15) is 0 Å². The largest absolute Gasteiger partial charge is 0.480 e. The van der Waals surface area contributed by atoms with E-state index in [1.54, 1.807) is 16.7 Å². The topological polar surface area (TPSA) is 83.6 Å². The predicted octanol–water partition coefficient (Wildman–Crippen LogP) is 0.982. The van der Waals surface area contributed by atoms with Crippen LogP contribution in [0.1, 0.15) is 27.2 Å². The van der Waals surface area contributed by atoms with Crippen molar-refractivity contribution in [2.45, 2.75) is 38.6 Å². The molecule has 0 aromatic rings. The molecule has 6 heteroatoms. The van der Waals surface area contributed by atoms with Crippen molar-refractivity contribution in [1.82, 2.24) is 4.90 Å². The standard InChI is InChI=1S/C12H22N2O3S/c1-4-8(5-13)10(15)14-9(12(16)17)6-18-11(14)7(2)3/h7-9,11H,4-6,13H2,1-3H3,(H,16,17). The molecule has 0 aliphatic carbocycles. The molecule has 0 radical (unpaired) electrons. The summed E-state index contributed by atoms with van der Waals surface area (Å²) in [4.78, 5) is 25.2. The number of rotatable bonds is 5. The number of hydrogen-bond donors (Lipinski definition) is 2. The zero-order chi connectivity index (χ0) is 13.9. The monoisotopic (exact) mass is 274 g/mol. The Hall–Kier alpha value is -0.750. The Kier molecular flexibility index (Phi) is 5.47. The Morgan fingerprint density at radius 3 is 2.50 bits per heavy atom. The van der Waals surface area contributed by atoms with Crippen LogP contribution in [-0.2, 0) is 9.59 Å². The normalized spacial score (nSPS) is 25.5. The molecule has 3 N–H and O–H groups in total. The van der Waals surface area contributed by atoms with Crippen LogP contribution < -0.4 is 5.73 Å². The van der Waals surface area contributed by atoms with Crippen molar-refractivity contribution in [2.75, 3.05) is 12.3 Å². The van der Waals surface area contributed by atoms with Crippen molar-refractivity contribution in [3.05, 3.63) is 0 Å². The van der Waals surface area contributed by atoms with Crippen LogP contribution in [0.3, 0.4) is 0 Å². The van der Waals surface area contributed by atoms with Crippen LogP contribution in [0.25, 0.3) is 0 Å². The van der Waals surface area contributed by atoms with Crippen LogP contribution in [-0.4, -0.2) is 45.6 Å². The Morgan fingerprint density at radius 1 is 1.50 bits per heavy atom. The molecule has 5 nitrogen and oxygen atoms in total. The average molecular weight is 274 g/mol. The number of carbonyl (C=O) groups is 2. The van der Waals surface area contributed by atoms with E-state index >= 15 is 0 Å². The Bertz CT molecular complexity index is 318. The third kappa shape index (κ3) is 2.98. The Balaban J connectivity index is 2.95. The fraction of sp³-hybridized carbons (Fsp3) is 0.833. The van der Waals surface area contributed by atoms with Gasteiger partial charge in [0, 0.05) is 12.3 Å². The summed E-state index contributed by atoms with van der Waals surface area (Å²) in [6, 6.07) is -0.713. The molecule has 3 atom stereocenters. The molecule has 1 rings (SSSR count). The molecule has 0 bridgehead atoms. The van der Waals surface area contributed by atoms with E-state index in [2.05, 4.69) is 0 Å². The van der Waals surface area contributed by atoms with E-state index in [-0.39, 0.29) is 29.7 Å². The van der Waals surface area contributed by atoms with E-state index in [1.165, 1.54) is 0 Å². The molecule has 0 aromatic heterocycles. The molecule has 1 heterocycles. The van der Waals surface area contributed by atoms with Gasteiger partial charge in [-0.25, -0.2) is 4.79 Å².